The minimum Gasteiger partial charge on any atom is -0.369 e. The van der Waals surface area contributed by atoms with Crippen molar-refractivity contribution in [2.75, 3.05) is 5.73 Å². The van der Waals surface area contributed by atoms with E-state index in [0.29, 0.717) is 12.5 Å². The normalized spacial score (nSPS) is 11.2. The summed E-state index contributed by atoms with van der Waals surface area (Å²) in [7, 11) is 0. The van der Waals surface area contributed by atoms with E-state index in [1.165, 1.54) is 0 Å². The Balaban J connectivity index is 2.08. The number of rotatable bonds is 2. The van der Waals surface area contributed by atoms with Crippen LogP contribution >= 0.6 is 11.3 Å². The highest BCUT2D eigenvalue weighted by atomic mass is 32.1. The van der Waals surface area contributed by atoms with Crippen LogP contribution in [0, 0.1) is 13.8 Å². The quantitative estimate of drug-likeness (QED) is 0.765. The van der Waals surface area contributed by atoms with Crippen molar-refractivity contribution >= 4 is 28.4 Å². The van der Waals surface area contributed by atoms with E-state index in [1.807, 2.05) is 36.9 Å². The summed E-state index contributed by atoms with van der Waals surface area (Å²) in [6.07, 6.45) is 3.71. The van der Waals surface area contributed by atoms with Gasteiger partial charge in [-0.25, -0.2) is 15.0 Å². The smallest absolute Gasteiger partial charge is 0.202 e. The Hall–Kier alpha value is -1.95. The molecule has 6 heteroatoms. The number of anilines is 1. The zero-order valence-corrected chi connectivity index (χ0v) is 11.0. The fraction of sp³-hybridized carbons (Fsp3) is 0.250. The molecule has 3 aromatic heterocycles. The molecule has 0 saturated carbocycles. The molecule has 0 bridgehead atoms. The van der Waals surface area contributed by atoms with Gasteiger partial charge in [0.2, 0.25) is 5.95 Å². The van der Waals surface area contributed by atoms with E-state index in [-0.39, 0.29) is 0 Å². The van der Waals surface area contributed by atoms with Crippen LogP contribution < -0.4 is 5.73 Å². The Morgan fingerprint density at radius 2 is 2.11 bits per heavy atom. The summed E-state index contributed by atoms with van der Waals surface area (Å²) in [4.78, 5) is 14.1. The topological polar surface area (TPSA) is 69.6 Å². The molecule has 92 valence electrons. The molecular weight excluding hydrogens is 246 g/mol. The number of fused-ring (bicyclic) bond motifs is 1. The molecule has 0 aliphatic carbocycles. The van der Waals surface area contributed by atoms with E-state index >= 15 is 0 Å². The highest BCUT2D eigenvalue weighted by Gasteiger charge is 2.11. The molecule has 3 heterocycles. The lowest BCUT2D eigenvalue weighted by atomic mass is 10.3. The molecule has 0 unspecified atom stereocenters. The Morgan fingerprint density at radius 3 is 2.83 bits per heavy atom. The molecule has 3 aromatic rings. The third-order valence-electron chi connectivity index (χ3n) is 2.73. The van der Waals surface area contributed by atoms with Crippen LogP contribution in [0.15, 0.2) is 18.5 Å². The Bertz CT molecular complexity index is 712. The highest BCUT2D eigenvalue weighted by molar-refractivity contribution is 7.11. The summed E-state index contributed by atoms with van der Waals surface area (Å²) in [6, 6.07) is 1.99. The maximum absolute atomic E-state index is 5.95. The molecule has 0 fully saturated rings. The van der Waals surface area contributed by atoms with Crippen molar-refractivity contribution in [2.24, 2.45) is 0 Å². The van der Waals surface area contributed by atoms with E-state index in [1.54, 1.807) is 11.3 Å². The van der Waals surface area contributed by atoms with Crippen LogP contribution in [0.2, 0.25) is 0 Å². The Labute approximate surface area is 108 Å². The summed E-state index contributed by atoms with van der Waals surface area (Å²) >= 11 is 1.66. The molecule has 0 atom stereocenters. The van der Waals surface area contributed by atoms with E-state index < -0.39 is 0 Å². The molecule has 0 saturated heterocycles. The number of thiazole rings is 1. The monoisotopic (exact) mass is 259 g/mol. The molecule has 0 aliphatic heterocycles. The molecular formula is C12H13N5S. The van der Waals surface area contributed by atoms with Crippen LogP contribution in [0.5, 0.6) is 0 Å². The largest absolute Gasteiger partial charge is 0.369 e. The summed E-state index contributed by atoms with van der Waals surface area (Å²) < 4.78 is 1.92. The van der Waals surface area contributed by atoms with Gasteiger partial charge in [-0.15, -0.1) is 11.3 Å². The second kappa shape index (κ2) is 4.06. The lowest BCUT2D eigenvalue weighted by molar-refractivity contribution is 0.839. The van der Waals surface area contributed by atoms with Crippen molar-refractivity contribution in [2.45, 2.75) is 20.4 Å². The first-order valence-corrected chi connectivity index (χ1v) is 6.45. The Kier molecular flexibility index (Phi) is 2.52. The minimum atomic E-state index is 0.495. The van der Waals surface area contributed by atoms with Crippen molar-refractivity contribution in [1.29, 1.82) is 0 Å². The zero-order chi connectivity index (χ0) is 12.7. The number of nitrogens with zero attached hydrogens (tertiary/aromatic N) is 4. The number of hydrogen-bond acceptors (Lipinski definition) is 5. The van der Waals surface area contributed by atoms with Crippen molar-refractivity contribution in [3.05, 3.63) is 33.9 Å². The number of nitrogen functional groups attached to an aromatic ring is 1. The summed E-state index contributed by atoms with van der Waals surface area (Å²) in [5.74, 6) is 0.495. The second-order valence-electron chi connectivity index (χ2n) is 4.26. The van der Waals surface area contributed by atoms with Crippen LogP contribution in [-0.2, 0) is 6.54 Å². The van der Waals surface area contributed by atoms with Crippen molar-refractivity contribution in [3.8, 4) is 0 Å². The standard InChI is InChI=1S/C12H13N5S/c1-7-3-10-11(15-4-7)17(12(13)16-10)6-9-5-14-8(2)18-9/h3-5H,6H2,1-2H3,(H2,13,16). The molecule has 0 aliphatic rings. The van der Waals surface area contributed by atoms with Crippen molar-refractivity contribution < 1.29 is 0 Å². The van der Waals surface area contributed by atoms with Crippen LogP contribution in [-0.4, -0.2) is 19.5 Å². The lowest BCUT2D eigenvalue weighted by Gasteiger charge is -2.03. The number of pyridine rings is 1. The van der Waals surface area contributed by atoms with Gasteiger partial charge in [0.05, 0.1) is 11.6 Å². The fourth-order valence-electron chi connectivity index (χ4n) is 1.92. The highest BCUT2D eigenvalue weighted by Crippen LogP contribution is 2.20. The molecule has 2 N–H and O–H groups in total. The van der Waals surface area contributed by atoms with Crippen LogP contribution in [0.4, 0.5) is 5.95 Å². The predicted octanol–water partition coefficient (Wildman–Crippen LogP) is 2.14. The molecule has 0 amide bonds. The first kappa shape index (κ1) is 11.2. The number of aryl methyl sites for hydroxylation is 2. The average Bonchev–Trinajstić information content (AvgIpc) is 2.84. The number of imidazole rings is 1. The van der Waals surface area contributed by atoms with Gasteiger partial charge in [0.15, 0.2) is 5.65 Å². The van der Waals surface area contributed by atoms with Crippen LogP contribution in [0.3, 0.4) is 0 Å². The minimum absolute atomic E-state index is 0.495. The zero-order valence-electron chi connectivity index (χ0n) is 10.2. The summed E-state index contributed by atoms with van der Waals surface area (Å²) in [6.45, 7) is 4.66. The number of nitrogens with two attached hydrogens (primary N) is 1. The molecule has 0 radical (unpaired) electrons. The first-order chi connectivity index (χ1) is 8.63. The molecule has 3 rings (SSSR count). The van der Waals surface area contributed by atoms with E-state index in [0.717, 1.165) is 26.6 Å². The summed E-state index contributed by atoms with van der Waals surface area (Å²) in [5.41, 5.74) is 8.70. The van der Waals surface area contributed by atoms with E-state index in [9.17, 15) is 0 Å². The van der Waals surface area contributed by atoms with E-state index in [4.69, 9.17) is 5.73 Å². The third-order valence-corrected chi connectivity index (χ3v) is 3.63. The maximum atomic E-state index is 5.95. The van der Waals surface area contributed by atoms with Crippen LogP contribution in [0.25, 0.3) is 11.2 Å². The SMILES string of the molecule is Cc1cnc2c(c1)nc(N)n2Cc1cnc(C)s1. The Morgan fingerprint density at radius 1 is 1.28 bits per heavy atom. The van der Waals surface area contributed by atoms with Gasteiger partial charge in [0.1, 0.15) is 5.52 Å². The van der Waals surface area contributed by atoms with Crippen molar-refractivity contribution in [3.63, 3.8) is 0 Å². The maximum Gasteiger partial charge on any atom is 0.202 e. The van der Waals surface area contributed by atoms with Gasteiger partial charge in [-0.3, -0.25) is 4.57 Å². The third kappa shape index (κ3) is 1.84. The number of aromatic nitrogens is 4. The molecule has 0 aromatic carbocycles. The van der Waals surface area contributed by atoms with Crippen LogP contribution in [0.1, 0.15) is 15.4 Å². The molecule has 5 nitrogen and oxygen atoms in total. The summed E-state index contributed by atoms with van der Waals surface area (Å²) in [5, 5.41) is 1.05. The molecule has 0 spiro atoms. The van der Waals surface area contributed by atoms with Gasteiger partial charge in [-0.2, -0.15) is 0 Å². The first-order valence-electron chi connectivity index (χ1n) is 5.63. The predicted molar refractivity (Wildman–Crippen MR) is 72.6 cm³/mol. The van der Waals surface area contributed by atoms with Crippen molar-refractivity contribution in [1.82, 2.24) is 19.5 Å². The number of hydrogen-bond donors (Lipinski definition) is 1. The van der Waals surface area contributed by atoms with E-state index in [2.05, 4.69) is 15.0 Å². The van der Waals surface area contributed by atoms with Gasteiger partial charge in [-0.1, -0.05) is 0 Å². The molecule has 18 heavy (non-hydrogen) atoms. The van der Waals surface area contributed by atoms with Gasteiger partial charge < -0.3 is 5.73 Å². The second-order valence-corrected chi connectivity index (χ2v) is 5.58. The van der Waals surface area contributed by atoms with Gasteiger partial charge in [0, 0.05) is 17.3 Å². The average molecular weight is 259 g/mol. The van der Waals surface area contributed by atoms with Gasteiger partial charge in [0.25, 0.3) is 0 Å². The lowest BCUT2D eigenvalue weighted by Crippen LogP contribution is -2.04. The van der Waals surface area contributed by atoms with Gasteiger partial charge >= 0.3 is 0 Å². The fourth-order valence-corrected chi connectivity index (χ4v) is 2.70. The van der Waals surface area contributed by atoms with Gasteiger partial charge in [-0.05, 0) is 25.5 Å².